The summed E-state index contributed by atoms with van der Waals surface area (Å²) in [5.74, 6) is 0.872. The Morgan fingerprint density at radius 3 is 2.80 bits per heavy atom. The Morgan fingerprint density at radius 2 is 2.25 bits per heavy atom. The Kier molecular flexibility index (Phi) is 4.48. The Bertz CT molecular complexity index is 460. The van der Waals surface area contributed by atoms with Crippen LogP contribution in [0.25, 0.3) is 0 Å². The van der Waals surface area contributed by atoms with Crippen molar-refractivity contribution in [1.29, 1.82) is 0 Å². The molecule has 5 nitrogen and oxygen atoms in total. The van der Waals surface area contributed by atoms with Gasteiger partial charge in [-0.2, -0.15) is 0 Å². The van der Waals surface area contributed by atoms with Gasteiger partial charge in [-0.25, -0.2) is 4.98 Å². The minimum atomic E-state index is -0.663. The Labute approximate surface area is 120 Å². The van der Waals surface area contributed by atoms with Gasteiger partial charge in [-0.15, -0.1) is 0 Å². The van der Waals surface area contributed by atoms with Crippen molar-refractivity contribution in [2.45, 2.75) is 53.0 Å². The molecule has 1 atom stereocenters. The molecule has 0 spiro atoms. The molecule has 20 heavy (non-hydrogen) atoms. The monoisotopic (exact) mass is 280 g/mol. The van der Waals surface area contributed by atoms with Crippen molar-refractivity contribution in [2.75, 3.05) is 13.1 Å². The van der Waals surface area contributed by atoms with Gasteiger partial charge in [0.2, 0.25) is 5.89 Å². The first-order chi connectivity index (χ1) is 9.47. The quantitative estimate of drug-likeness (QED) is 0.898. The summed E-state index contributed by atoms with van der Waals surface area (Å²) in [7, 11) is 0. The number of carbonyl (C=O) groups is 1. The predicted molar refractivity (Wildman–Crippen MR) is 75.5 cm³/mol. The van der Waals surface area contributed by atoms with E-state index in [1.54, 1.807) is 0 Å². The van der Waals surface area contributed by atoms with Crippen LogP contribution in [0.5, 0.6) is 0 Å². The van der Waals surface area contributed by atoms with Crippen molar-refractivity contribution < 1.29 is 14.3 Å². The van der Waals surface area contributed by atoms with Gasteiger partial charge < -0.3 is 9.52 Å². The molecule has 0 aliphatic carbocycles. The molecule has 1 unspecified atom stereocenters. The van der Waals surface area contributed by atoms with E-state index in [1.807, 2.05) is 20.8 Å². The number of aromatic nitrogens is 1. The van der Waals surface area contributed by atoms with Crippen molar-refractivity contribution in [1.82, 2.24) is 9.88 Å². The highest BCUT2D eigenvalue weighted by Gasteiger charge is 2.41. The average Bonchev–Trinajstić information content (AvgIpc) is 2.68. The number of hydrogen-bond donors (Lipinski definition) is 1. The molecule has 1 N–H and O–H groups in total. The number of nitrogens with zero attached hydrogens (tertiary/aromatic N) is 2. The van der Waals surface area contributed by atoms with Crippen molar-refractivity contribution in [3.63, 3.8) is 0 Å². The van der Waals surface area contributed by atoms with Crippen LogP contribution in [0.15, 0.2) is 4.42 Å². The Hall–Kier alpha value is -1.36. The Morgan fingerprint density at radius 1 is 1.50 bits per heavy atom. The maximum absolute atomic E-state index is 11.7. The minimum Gasteiger partial charge on any atom is -0.481 e. The Balaban J connectivity index is 2.07. The first-order valence-electron chi connectivity index (χ1n) is 7.35. The fraction of sp³-hybridized carbons (Fsp3) is 0.733. The van der Waals surface area contributed by atoms with Crippen LogP contribution in [0.2, 0.25) is 0 Å². The molecule has 1 aromatic rings. The van der Waals surface area contributed by atoms with E-state index in [-0.39, 0.29) is 0 Å². The summed E-state index contributed by atoms with van der Waals surface area (Å²) in [6, 6.07) is 0. The smallest absolute Gasteiger partial charge is 0.310 e. The predicted octanol–water partition coefficient (Wildman–Crippen LogP) is 2.76. The van der Waals surface area contributed by atoms with E-state index in [9.17, 15) is 9.90 Å². The standard InChI is InChI=1S/C15H24N2O3/c1-4-6-15(14(18)19)7-5-8-17(10-15)9-13-16-11(2)12(3)20-13/h4-10H2,1-3H3,(H,18,19). The van der Waals surface area contributed by atoms with E-state index >= 15 is 0 Å². The minimum absolute atomic E-state index is 0.594. The van der Waals surface area contributed by atoms with Gasteiger partial charge in [0.15, 0.2) is 0 Å². The van der Waals surface area contributed by atoms with Crippen LogP contribution in [0.4, 0.5) is 0 Å². The van der Waals surface area contributed by atoms with Crippen LogP contribution in [-0.4, -0.2) is 34.0 Å². The van der Waals surface area contributed by atoms with Gasteiger partial charge in [-0.05, 0) is 39.7 Å². The van der Waals surface area contributed by atoms with Crippen molar-refractivity contribution >= 4 is 5.97 Å². The SMILES string of the molecule is CCCC1(C(=O)O)CCCN(Cc2nc(C)c(C)o2)C1. The van der Waals surface area contributed by atoms with Gasteiger partial charge in [0.1, 0.15) is 5.76 Å². The zero-order valence-electron chi connectivity index (χ0n) is 12.6. The molecule has 0 radical (unpaired) electrons. The molecule has 1 saturated heterocycles. The van der Waals surface area contributed by atoms with Crippen LogP contribution < -0.4 is 0 Å². The summed E-state index contributed by atoms with van der Waals surface area (Å²) in [5.41, 5.74) is 0.319. The summed E-state index contributed by atoms with van der Waals surface area (Å²) in [4.78, 5) is 18.2. The highest BCUT2D eigenvalue weighted by molar-refractivity contribution is 5.75. The molecule has 0 saturated carbocycles. The van der Waals surface area contributed by atoms with E-state index in [2.05, 4.69) is 9.88 Å². The van der Waals surface area contributed by atoms with Crippen LogP contribution in [0.1, 0.15) is 50.0 Å². The largest absolute Gasteiger partial charge is 0.481 e. The third-order valence-corrected chi connectivity index (χ3v) is 4.27. The maximum atomic E-state index is 11.7. The van der Waals surface area contributed by atoms with Crippen LogP contribution in [-0.2, 0) is 11.3 Å². The summed E-state index contributed by atoms with van der Waals surface area (Å²) in [6.07, 6.45) is 3.33. The highest BCUT2D eigenvalue weighted by Crippen LogP contribution is 2.35. The van der Waals surface area contributed by atoms with E-state index in [0.717, 1.165) is 43.7 Å². The van der Waals surface area contributed by atoms with Crippen LogP contribution >= 0.6 is 0 Å². The fourth-order valence-corrected chi connectivity index (χ4v) is 3.12. The van der Waals surface area contributed by atoms with E-state index in [4.69, 9.17) is 4.42 Å². The van der Waals surface area contributed by atoms with E-state index in [0.29, 0.717) is 19.0 Å². The molecule has 1 fully saturated rings. The lowest BCUT2D eigenvalue weighted by molar-refractivity contribution is -0.153. The fourth-order valence-electron chi connectivity index (χ4n) is 3.12. The lowest BCUT2D eigenvalue weighted by Gasteiger charge is -2.39. The maximum Gasteiger partial charge on any atom is 0.310 e. The molecule has 1 aliphatic rings. The van der Waals surface area contributed by atoms with Crippen molar-refractivity contribution in [2.24, 2.45) is 5.41 Å². The van der Waals surface area contributed by atoms with Gasteiger partial charge >= 0.3 is 5.97 Å². The molecule has 0 bridgehead atoms. The molecule has 112 valence electrons. The number of carboxylic acids is 1. The summed E-state index contributed by atoms with van der Waals surface area (Å²) in [5, 5.41) is 9.59. The van der Waals surface area contributed by atoms with Gasteiger partial charge in [-0.3, -0.25) is 9.69 Å². The number of oxazole rings is 1. The zero-order chi connectivity index (χ0) is 14.8. The third kappa shape index (κ3) is 3.03. The normalized spacial score (nSPS) is 23.9. The zero-order valence-corrected chi connectivity index (χ0v) is 12.6. The number of likely N-dealkylation sites (tertiary alicyclic amines) is 1. The van der Waals surface area contributed by atoms with Gasteiger partial charge in [0, 0.05) is 6.54 Å². The first-order valence-corrected chi connectivity index (χ1v) is 7.35. The number of hydrogen-bond acceptors (Lipinski definition) is 4. The van der Waals surface area contributed by atoms with Crippen LogP contribution in [0.3, 0.4) is 0 Å². The molecule has 5 heteroatoms. The number of rotatable bonds is 5. The number of piperidine rings is 1. The van der Waals surface area contributed by atoms with Gasteiger partial charge in [0.05, 0.1) is 17.7 Å². The molecule has 1 aromatic heterocycles. The average molecular weight is 280 g/mol. The lowest BCUT2D eigenvalue weighted by atomic mass is 9.76. The molecule has 2 rings (SSSR count). The van der Waals surface area contributed by atoms with Crippen molar-refractivity contribution in [3.05, 3.63) is 17.3 Å². The summed E-state index contributed by atoms with van der Waals surface area (Å²) in [6.45, 7) is 7.99. The third-order valence-electron chi connectivity index (χ3n) is 4.27. The number of aryl methyl sites for hydroxylation is 2. The second-order valence-corrected chi connectivity index (χ2v) is 5.90. The van der Waals surface area contributed by atoms with Gasteiger partial charge in [-0.1, -0.05) is 13.3 Å². The van der Waals surface area contributed by atoms with Crippen LogP contribution in [0, 0.1) is 19.3 Å². The van der Waals surface area contributed by atoms with Gasteiger partial charge in [0.25, 0.3) is 0 Å². The molecule has 2 heterocycles. The number of carboxylic acid groups (broad SMARTS) is 1. The van der Waals surface area contributed by atoms with E-state index < -0.39 is 11.4 Å². The first kappa shape index (κ1) is 15.0. The molecule has 0 amide bonds. The van der Waals surface area contributed by atoms with E-state index in [1.165, 1.54) is 0 Å². The highest BCUT2D eigenvalue weighted by atomic mass is 16.4. The topological polar surface area (TPSA) is 66.6 Å². The molecular formula is C15H24N2O3. The van der Waals surface area contributed by atoms with Crippen molar-refractivity contribution in [3.8, 4) is 0 Å². The number of aliphatic carboxylic acids is 1. The second-order valence-electron chi connectivity index (χ2n) is 5.90. The molecule has 1 aliphatic heterocycles. The lowest BCUT2D eigenvalue weighted by Crippen LogP contribution is -2.47. The summed E-state index contributed by atoms with van der Waals surface area (Å²) >= 11 is 0. The molecular weight excluding hydrogens is 256 g/mol. The summed E-state index contributed by atoms with van der Waals surface area (Å²) < 4.78 is 5.61. The second kappa shape index (κ2) is 5.95. The molecule has 0 aromatic carbocycles.